The molecule has 11 rings (SSSR count). The Hall–Kier alpha value is -8.28. The largest absolute Gasteiger partial charge is 0.231 e. The molecule has 61 heavy (non-hydrogen) atoms. The van der Waals surface area contributed by atoms with Gasteiger partial charge in [0.1, 0.15) is 5.69 Å². The second-order valence-electron chi connectivity index (χ2n) is 15.1. The zero-order chi connectivity index (χ0) is 40.5. The highest BCUT2D eigenvalue weighted by atomic mass is 15.2. The minimum Gasteiger partial charge on any atom is -0.231 e. The van der Waals surface area contributed by atoms with Crippen molar-refractivity contribution < 1.29 is 0 Å². The van der Waals surface area contributed by atoms with Gasteiger partial charge in [-0.25, -0.2) is 19.5 Å². The summed E-state index contributed by atoms with van der Waals surface area (Å²) in [4.78, 5) is 15.3. The molecule has 11 aromatic rings. The van der Waals surface area contributed by atoms with Gasteiger partial charge in [0.15, 0.2) is 17.5 Å². The molecule has 0 atom stereocenters. The van der Waals surface area contributed by atoms with Crippen molar-refractivity contribution in [3.05, 3.63) is 224 Å². The Kier molecular flexibility index (Phi) is 9.10. The molecular weight excluding hydrogens is 743 g/mol. The number of benzene rings is 8. The van der Waals surface area contributed by atoms with Crippen LogP contribution < -0.4 is 0 Å². The van der Waals surface area contributed by atoms with Crippen LogP contribution in [0.2, 0.25) is 0 Å². The lowest BCUT2D eigenvalue weighted by Gasteiger charge is -2.13. The number of rotatable bonds is 8. The van der Waals surface area contributed by atoms with Gasteiger partial charge < -0.3 is 0 Å². The second kappa shape index (κ2) is 15.5. The Morgan fingerprint density at radius 2 is 0.721 bits per heavy atom. The van der Waals surface area contributed by atoms with Gasteiger partial charge in [0, 0.05) is 38.8 Å². The van der Waals surface area contributed by atoms with Crippen LogP contribution in [0.25, 0.3) is 106 Å². The van der Waals surface area contributed by atoms with Crippen molar-refractivity contribution in [3.63, 3.8) is 0 Å². The summed E-state index contributed by atoms with van der Waals surface area (Å²) in [5.41, 5.74) is 14.6. The third-order valence-corrected chi connectivity index (χ3v) is 11.2. The Morgan fingerprint density at radius 1 is 0.295 bits per heavy atom. The third kappa shape index (κ3) is 6.84. The molecule has 3 aromatic heterocycles. The van der Waals surface area contributed by atoms with E-state index in [1.165, 1.54) is 0 Å². The lowest BCUT2D eigenvalue weighted by atomic mass is 9.94. The summed E-state index contributed by atoms with van der Waals surface area (Å²) in [7, 11) is 0. The molecule has 3 heterocycles. The Labute approximate surface area is 354 Å². The zero-order valence-electron chi connectivity index (χ0n) is 33.1. The molecule has 0 N–H and O–H groups in total. The van der Waals surface area contributed by atoms with Crippen LogP contribution in [0.3, 0.4) is 0 Å². The van der Waals surface area contributed by atoms with Crippen molar-refractivity contribution in [2.45, 2.75) is 0 Å². The molecule has 0 aliphatic rings. The monoisotopic (exact) mass is 779 g/mol. The molecule has 0 amide bonds. The van der Waals surface area contributed by atoms with E-state index in [2.05, 4.69) is 193 Å². The first-order valence-corrected chi connectivity index (χ1v) is 20.5. The maximum Gasteiger partial charge on any atom is 0.164 e. The standard InChI is InChI=1S/C56H37N5/c1-6-18-38(19-7-1)43-28-16-30-47(34-43)55-57-54(42-26-14-5-15-27-42)58-56(59-55)48-31-17-29-44(35-48)45-32-33-46-37-50(39-20-8-2-9-21-39)61-53(49(46)36-45)51(40-22-10-3-11-23-40)52(60-61)41-24-12-4-13-25-41/h1-37H. The summed E-state index contributed by atoms with van der Waals surface area (Å²) in [5, 5.41) is 7.67. The van der Waals surface area contributed by atoms with E-state index >= 15 is 0 Å². The number of hydrogen-bond donors (Lipinski definition) is 0. The highest BCUT2D eigenvalue weighted by Crippen LogP contribution is 2.42. The summed E-state index contributed by atoms with van der Waals surface area (Å²) < 4.78 is 2.15. The molecule has 0 fully saturated rings. The molecule has 0 aliphatic carbocycles. The molecule has 0 aliphatic heterocycles. The predicted molar refractivity (Wildman–Crippen MR) is 250 cm³/mol. The molecule has 0 unspecified atom stereocenters. The minimum absolute atomic E-state index is 0.612. The normalized spacial score (nSPS) is 11.3. The fourth-order valence-corrected chi connectivity index (χ4v) is 8.26. The first kappa shape index (κ1) is 35.8. The smallest absolute Gasteiger partial charge is 0.164 e. The number of nitrogens with zero attached hydrogens (tertiary/aromatic N) is 5. The van der Waals surface area contributed by atoms with Gasteiger partial charge in [-0.1, -0.05) is 200 Å². The van der Waals surface area contributed by atoms with Crippen LogP contribution >= 0.6 is 0 Å². The zero-order valence-corrected chi connectivity index (χ0v) is 33.1. The van der Waals surface area contributed by atoms with Crippen LogP contribution in [0, 0.1) is 0 Å². The SMILES string of the molecule is c1ccc(-c2cccc(-c3nc(-c4ccccc4)nc(-c4cccc(-c5ccc6cc(-c7ccccc7)n7nc(-c8ccccc8)c(-c8ccccc8)c7c6c5)c4)n3)c2)cc1. The second-order valence-corrected chi connectivity index (χ2v) is 15.1. The molecule has 5 heteroatoms. The van der Waals surface area contributed by atoms with E-state index in [1.807, 2.05) is 36.4 Å². The van der Waals surface area contributed by atoms with Crippen molar-refractivity contribution in [2.24, 2.45) is 0 Å². The summed E-state index contributed by atoms with van der Waals surface area (Å²) in [6, 6.07) is 78.1. The van der Waals surface area contributed by atoms with Gasteiger partial charge in [-0.2, -0.15) is 5.10 Å². The number of aromatic nitrogens is 5. The molecule has 0 radical (unpaired) electrons. The van der Waals surface area contributed by atoms with Gasteiger partial charge in [-0.15, -0.1) is 0 Å². The van der Waals surface area contributed by atoms with Crippen LogP contribution in [-0.2, 0) is 0 Å². The fourth-order valence-electron chi connectivity index (χ4n) is 8.26. The van der Waals surface area contributed by atoms with Crippen molar-refractivity contribution in [1.82, 2.24) is 24.6 Å². The third-order valence-electron chi connectivity index (χ3n) is 11.2. The lowest BCUT2D eigenvalue weighted by molar-refractivity contribution is 0.979. The average Bonchev–Trinajstić information content (AvgIpc) is 3.76. The van der Waals surface area contributed by atoms with Crippen LogP contribution in [-0.4, -0.2) is 24.6 Å². The fraction of sp³-hybridized carbons (Fsp3) is 0. The van der Waals surface area contributed by atoms with E-state index in [0.29, 0.717) is 17.5 Å². The van der Waals surface area contributed by atoms with Gasteiger partial charge in [0.25, 0.3) is 0 Å². The van der Waals surface area contributed by atoms with Crippen LogP contribution in [0.5, 0.6) is 0 Å². The lowest BCUT2D eigenvalue weighted by Crippen LogP contribution is -2.00. The highest BCUT2D eigenvalue weighted by molar-refractivity contribution is 6.09. The molecule has 0 saturated carbocycles. The van der Waals surface area contributed by atoms with Crippen LogP contribution in [0.4, 0.5) is 0 Å². The highest BCUT2D eigenvalue weighted by Gasteiger charge is 2.22. The van der Waals surface area contributed by atoms with E-state index in [4.69, 9.17) is 20.1 Å². The van der Waals surface area contributed by atoms with E-state index < -0.39 is 0 Å². The topological polar surface area (TPSA) is 56.0 Å². The number of fused-ring (bicyclic) bond motifs is 3. The molecule has 0 bridgehead atoms. The summed E-state index contributed by atoms with van der Waals surface area (Å²) in [6.45, 7) is 0. The maximum absolute atomic E-state index is 5.43. The quantitative estimate of drug-likeness (QED) is 0.154. The van der Waals surface area contributed by atoms with E-state index in [9.17, 15) is 0 Å². The van der Waals surface area contributed by atoms with Gasteiger partial charge in [-0.05, 0) is 57.5 Å². The Bertz CT molecular complexity index is 3330. The maximum atomic E-state index is 5.43. The number of pyridine rings is 1. The average molecular weight is 780 g/mol. The summed E-state index contributed by atoms with van der Waals surface area (Å²) in [5.74, 6) is 1.86. The van der Waals surface area contributed by atoms with Crippen LogP contribution in [0.1, 0.15) is 0 Å². The van der Waals surface area contributed by atoms with Crippen LogP contribution in [0.15, 0.2) is 224 Å². The first-order valence-electron chi connectivity index (χ1n) is 20.5. The Balaban J connectivity index is 1.09. The van der Waals surface area contributed by atoms with E-state index in [0.717, 1.165) is 88.9 Å². The van der Waals surface area contributed by atoms with Crippen molar-refractivity contribution in [3.8, 4) is 90.1 Å². The van der Waals surface area contributed by atoms with Gasteiger partial charge in [-0.3, -0.25) is 0 Å². The predicted octanol–water partition coefficient (Wildman–Crippen LogP) is 14.0. The molecule has 5 nitrogen and oxygen atoms in total. The summed E-state index contributed by atoms with van der Waals surface area (Å²) in [6.07, 6.45) is 0. The first-order chi connectivity index (χ1) is 30.2. The molecular formula is C56H37N5. The molecule has 0 spiro atoms. The van der Waals surface area contributed by atoms with Crippen molar-refractivity contribution in [2.75, 3.05) is 0 Å². The van der Waals surface area contributed by atoms with Crippen molar-refractivity contribution in [1.29, 1.82) is 0 Å². The summed E-state index contributed by atoms with van der Waals surface area (Å²) >= 11 is 0. The van der Waals surface area contributed by atoms with E-state index in [-0.39, 0.29) is 0 Å². The van der Waals surface area contributed by atoms with E-state index in [1.54, 1.807) is 0 Å². The van der Waals surface area contributed by atoms with Gasteiger partial charge in [0.2, 0.25) is 0 Å². The Morgan fingerprint density at radius 3 is 1.30 bits per heavy atom. The molecule has 8 aromatic carbocycles. The van der Waals surface area contributed by atoms with Gasteiger partial charge >= 0.3 is 0 Å². The molecule has 286 valence electrons. The van der Waals surface area contributed by atoms with Crippen molar-refractivity contribution >= 4 is 16.3 Å². The van der Waals surface area contributed by atoms with Gasteiger partial charge in [0.05, 0.1) is 11.2 Å². The minimum atomic E-state index is 0.612. The molecule has 0 saturated heterocycles. The number of hydrogen-bond acceptors (Lipinski definition) is 4.